The summed E-state index contributed by atoms with van der Waals surface area (Å²) in [6.07, 6.45) is 0. The van der Waals surface area contributed by atoms with E-state index in [1.165, 1.54) is 4.31 Å². The molecule has 1 saturated heterocycles. The number of nitrogens with two attached hydrogens (primary N) is 1. The minimum Gasteiger partial charge on any atom is -0.368 e. The highest BCUT2D eigenvalue weighted by atomic mass is 32.2. The predicted molar refractivity (Wildman–Crippen MR) is 81.5 cm³/mol. The molecule has 0 radical (unpaired) electrons. The zero-order valence-corrected chi connectivity index (χ0v) is 12.1. The first-order valence-corrected chi connectivity index (χ1v) is 8.10. The molecule has 112 valence electrons. The molecule has 1 aliphatic heterocycles. The van der Waals surface area contributed by atoms with Gasteiger partial charge in [0.15, 0.2) is 0 Å². The Balaban J connectivity index is 1.94. The van der Waals surface area contributed by atoms with E-state index in [-0.39, 0.29) is 5.56 Å². The molecular weight excluding hydrogens is 292 g/mol. The van der Waals surface area contributed by atoms with Crippen LogP contribution in [0.3, 0.4) is 0 Å². The number of hydrogen-bond acceptors (Lipinski definition) is 4. The lowest BCUT2D eigenvalue weighted by atomic mass is 10.1. The van der Waals surface area contributed by atoms with Gasteiger partial charge in [-0.25, -0.2) is 5.14 Å². The van der Waals surface area contributed by atoms with Crippen LogP contribution in [0.5, 0.6) is 0 Å². The van der Waals surface area contributed by atoms with Crippen molar-refractivity contribution in [2.45, 2.75) is 0 Å². The minimum atomic E-state index is -3.64. The number of nitrogens with zero attached hydrogens (tertiary/aromatic N) is 2. The number of H-pyrrole nitrogens is 1. The summed E-state index contributed by atoms with van der Waals surface area (Å²) in [7, 11) is -3.64. The van der Waals surface area contributed by atoms with Crippen LogP contribution in [0.25, 0.3) is 10.9 Å². The average molecular weight is 308 g/mol. The summed E-state index contributed by atoms with van der Waals surface area (Å²) < 4.78 is 23.9. The quantitative estimate of drug-likeness (QED) is 0.806. The summed E-state index contributed by atoms with van der Waals surface area (Å²) in [5.41, 5.74) is 1.43. The molecule has 1 aliphatic rings. The van der Waals surface area contributed by atoms with E-state index >= 15 is 0 Å². The maximum absolute atomic E-state index is 11.8. The summed E-state index contributed by atoms with van der Waals surface area (Å²) in [6.45, 7) is 1.65. The van der Waals surface area contributed by atoms with Gasteiger partial charge in [-0.15, -0.1) is 0 Å². The van der Waals surface area contributed by atoms with Gasteiger partial charge < -0.3 is 9.88 Å². The Kier molecular flexibility index (Phi) is 3.44. The van der Waals surface area contributed by atoms with E-state index in [2.05, 4.69) is 4.98 Å². The number of aromatic amines is 1. The fourth-order valence-electron chi connectivity index (χ4n) is 2.63. The Hall–Kier alpha value is -1.90. The lowest BCUT2D eigenvalue weighted by Gasteiger charge is -2.34. The van der Waals surface area contributed by atoms with Gasteiger partial charge >= 0.3 is 0 Å². The minimum absolute atomic E-state index is 0.169. The molecule has 0 saturated carbocycles. The van der Waals surface area contributed by atoms with Gasteiger partial charge in [0.2, 0.25) is 5.56 Å². The average Bonchev–Trinajstić information content (AvgIpc) is 2.45. The van der Waals surface area contributed by atoms with Crippen molar-refractivity contribution in [3.05, 3.63) is 40.7 Å². The number of fused-ring (bicyclic) bond motifs is 1. The Bertz CT molecular complexity index is 823. The highest BCUT2D eigenvalue weighted by Gasteiger charge is 2.24. The third-order valence-corrected chi connectivity index (χ3v) is 4.75. The van der Waals surface area contributed by atoms with Crippen molar-refractivity contribution in [3.8, 4) is 0 Å². The van der Waals surface area contributed by atoms with Crippen LogP contribution < -0.4 is 15.6 Å². The largest absolute Gasteiger partial charge is 0.368 e. The zero-order valence-electron chi connectivity index (χ0n) is 11.3. The Labute approximate surface area is 122 Å². The molecule has 3 rings (SSSR count). The van der Waals surface area contributed by atoms with Crippen LogP contribution in [-0.2, 0) is 10.2 Å². The lowest BCUT2D eigenvalue weighted by molar-refractivity contribution is 0.386. The number of hydrogen-bond donors (Lipinski definition) is 2. The molecule has 1 aromatic heterocycles. The molecule has 21 heavy (non-hydrogen) atoms. The van der Waals surface area contributed by atoms with Gasteiger partial charge in [-0.3, -0.25) is 4.79 Å². The molecule has 3 N–H and O–H groups in total. The molecule has 0 bridgehead atoms. The van der Waals surface area contributed by atoms with Crippen LogP contribution in [0.1, 0.15) is 0 Å². The number of nitrogens with one attached hydrogen (secondary N) is 1. The molecule has 2 heterocycles. The van der Waals surface area contributed by atoms with Crippen molar-refractivity contribution in [2.24, 2.45) is 5.14 Å². The number of piperazine rings is 1. The van der Waals surface area contributed by atoms with Crippen molar-refractivity contribution in [1.82, 2.24) is 9.29 Å². The van der Waals surface area contributed by atoms with Gasteiger partial charge in [0, 0.05) is 37.6 Å². The van der Waals surface area contributed by atoms with Crippen molar-refractivity contribution in [2.75, 3.05) is 31.1 Å². The summed E-state index contributed by atoms with van der Waals surface area (Å²) in [5.74, 6) is 0. The normalized spacial score (nSPS) is 17.3. The van der Waals surface area contributed by atoms with Crippen molar-refractivity contribution in [1.29, 1.82) is 0 Å². The molecule has 7 nitrogen and oxygen atoms in total. The van der Waals surface area contributed by atoms with Crippen LogP contribution in [0.15, 0.2) is 35.1 Å². The molecule has 0 atom stereocenters. The van der Waals surface area contributed by atoms with E-state index in [1.807, 2.05) is 29.2 Å². The van der Waals surface area contributed by atoms with Crippen molar-refractivity contribution in [3.63, 3.8) is 0 Å². The number of anilines is 1. The molecule has 0 amide bonds. The second kappa shape index (κ2) is 5.14. The number of benzene rings is 1. The predicted octanol–water partition coefficient (Wildman–Crippen LogP) is -0.146. The number of pyridine rings is 1. The molecule has 0 spiro atoms. The van der Waals surface area contributed by atoms with E-state index in [9.17, 15) is 13.2 Å². The summed E-state index contributed by atoms with van der Waals surface area (Å²) >= 11 is 0. The lowest BCUT2D eigenvalue weighted by Crippen LogP contribution is -2.50. The number of rotatable bonds is 2. The first-order chi connectivity index (χ1) is 9.95. The van der Waals surface area contributed by atoms with Gasteiger partial charge in [-0.2, -0.15) is 12.7 Å². The first kappa shape index (κ1) is 14.1. The van der Waals surface area contributed by atoms with E-state index in [1.54, 1.807) is 6.07 Å². The van der Waals surface area contributed by atoms with Gasteiger partial charge in [-0.05, 0) is 6.07 Å². The van der Waals surface area contributed by atoms with Crippen LogP contribution in [0.2, 0.25) is 0 Å². The standard InChI is InChI=1S/C13H16N4O3S/c14-21(19,20)17-7-5-16(6-8-17)12-9-13(18)15-11-4-2-1-3-10(11)12/h1-4,9H,5-8H2,(H,15,18)(H2,14,19,20). The van der Waals surface area contributed by atoms with E-state index < -0.39 is 10.2 Å². The third kappa shape index (κ3) is 2.78. The highest BCUT2D eigenvalue weighted by Crippen LogP contribution is 2.24. The van der Waals surface area contributed by atoms with E-state index in [0.717, 1.165) is 16.6 Å². The second-order valence-corrected chi connectivity index (χ2v) is 6.54. The fourth-order valence-corrected chi connectivity index (χ4v) is 3.30. The number of para-hydroxylation sites is 1. The van der Waals surface area contributed by atoms with Crippen LogP contribution in [0.4, 0.5) is 5.69 Å². The molecule has 0 aliphatic carbocycles. The SMILES string of the molecule is NS(=O)(=O)N1CCN(c2cc(=O)[nH]c3ccccc23)CC1. The Morgan fingerprint density at radius 3 is 2.43 bits per heavy atom. The maximum atomic E-state index is 11.8. The van der Waals surface area contributed by atoms with Crippen LogP contribution >= 0.6 is 0 Å². The molecule has 1 fully saturated rings. The monoisotopic (exact) mass is 308 g/mol. The highest BCUT2D eigenvalue weighted by molar-refractivity contribution is 7.86. The molecule has 0 unspecified atom stereocenters. The summed E-state index contributed by atoms with van der Waals surface area (Å²) in [5, 5.41) is 6.08. The third-order valence-electron chi connectivity index (χ3n) is 3.67. The summed E-state index contributed by atoms with van der Waals surface area (Å²) in [4.78, 5) is 16.6. The summed E-state index contributed by atoms with van der Waals surface area (Å²) in [6, 6.07) is 9.11. The second-order valence-electron chi connectivity index (χ2n) is 5.00. The maximum Gasteiger partial charge on any atom is 0.277 e. The topological polar surface area (TPSA) is 99.5 Å². The van der Waals surface area contributed by atoms with Gasteiger partial charge in [-0.1, -0.05) is 18.2 Å². The molecule has 2 aromatic rings. The van der Waals surface area contributed by atoms with E-state index in [0.29, 0.717) is 26.2 Å². The smallest absolute Gasteiger partial charge is 0.277 e. The molecule has 8 heteroatoms. The number of aromatic nitrogens is 1. The van der Waals surface area contributed by atoms with Crippen LogP contribution in [-0.4, -0.2) is 43.9 Å². The van der Waals surface area contributed by atoms with Crippen LogP contribution in [0, 0.1) is 0 Å². The molecular formula is C13H16N4O3S. The van der Waals surface area contributed by atoms with Crippen molar-refractivity contribution >= 4 is 26.8 Å². The zero-order chi connectivity index (χ0) is 15.0. The fraction of sp³-hybridized carbons (Fsp3) is 0.308. The van der Waals surface area contributed by atoms with Gasteiger partial charge in [0.25, 0.3) is 10.2 Å². The van der Waals surface area contributed by atoms with E-state index in [4.69, 9.17) is 5.14 Å². The Morgan fingerprint density at radius 2 is 1.76 bits per heavy atom. The van der Waals surface area contributed by atoms with Gasteiger partial charge in [0.05, 0.1) is 11.2 Å². The molecule has 1 aromatic carbocycles. The van der Waals surface area contributed by atoms with Gasteiger partial charge in [0.1, 0.15) is 0 Å². The first-order valence-electron chi connectivity index (χ1n) is 6.60. The van der Waals surface area contributed by atoms with Crippen molar-refractivity contribution < 1.29 is 8.42 Å². The Morgan fingerprint density at radius 1 is 1.10 bits per heavy atom.